The second-order valence-corrected chi connectivity index (χ2v) is 6.62. The van der Waals surface area contributed by atoms with Crippen molar-refractivity contribution in [3.05, 3.63) is 58.9 Å². The lowest BCUT2D eigenvalue weighted by atomic mass is 10.2. The fraction of sp³-hybridized carbons (Fsp3) is 0.111. The van der Waals surface area contributed by atoms with Gasteiger partial charge in [-0.2, -0.15) is 5.10 Å². The van der Waals surface area contributed by atoms with Gasteiger partial charge in [0.2, 0.25) is 11.3 Å². The summed E-state index contributed by atoms with van der Waals surface area (Å²) >= 11 is 1.37. The third-order valence-corrected chi connectivity index (χ3v) is 4.83. The van der Waals surface area contributed by atoms with E-state index >= 15 is 0 Å². The number of fused-ring (bicyclic) bond motifs is 2. The summed E-state index contributed by atoms with van der Waals surface area (Å²) in [5.74, 6) is 0.472. The predicted molar refractivity (Wildman–Crippen MR) is 101 cm³/mol. The van der Waals surface area contributed by atoms with Crippen molar-refractivity contribution in [1.29, 1.82) is 0 Å². The Morgan fingerprint density at radius 3 is 2.96 bits per heavy atom. The van der Waals surface area contributed by atoms with Gasteiger partial charge in [0.25, 0.3) is 0 Å². The van der Waals surface area contributed by atoms with E-state index in [0.717, 1.165) is 16.0 Å². The van der Waals surface area contributed by atoms with E-state index in [-0.39, 0.29) is 17.9 Å². The van der Waals surface area contributed by atoms with Crippen LogP contribution >= 0.6 is 11.3 Å². The van der Waals surface area contributed by atoms with Gasteiger partial charge in [-0.25, -0.2) is 4.98 Å². The molecule has 0 aliphatic carbocycles. The molecule has 0 atom stereocenters. The third-order valence-electron chi connectivity index (χ3n) is 3.90. The second kappa shape index (κ2) is 6.57. The second-order valence-electron chi connectivity index (χ2n) is 5.58. The van der Waals surface area contributed by atoms with Crippen LogP contribution in [0.2, 0.25) is 0 Å². The van der Waals surface area contributed by atoms with Crippen LogP contribution in [0.3, 0.4) is 0 Å². The number of carbonyl (C=O) groups excluding carboxylic acids is 1. The van der Waals surface area contributed by atoms with E-state index < -0.39 is 0 Å². The summed E-state index contributed by atoms with van der Waals surface area (Å²) in [6.07, 6.45) is 1.22. The van der Waals surface area contributed by atoms with Crippen LogP contribution in [-0.4, -0.2) is 27.8 Å². The average molecular weight is 366 g/mol. The molecular formula is C18H14N4O3S. The first-order chi connectivity index (χ1) is 12.6. The zero-order chi connectivity index (χ0) is 18.1. The molecule has 26 heavy (non-hydrogen) atoms. The Kier molecular flexibility index (Phi) is 4.10. The summed E-state index contributed by atoms with van der Waals surface area (Å²) in [5.41, 5.74) is 1.24. The van der Waals surface area contributed by atoms with Crippen molar-refractivity contribution in [2.45, 2.75) is 6.54 Å². The number of aromatic nitrogens is 3. The number of nitrogens with zero attached hydrogens (tertiary/aromatic N) is 3. The standard InChI is InChI=1S/C18H14N4O3S/c1-25-11-6-7-13-16(8-11)26-18(20-13)21-17(24)10-22-14-5-3-2-4-12(14)15(23)9-19-22/h2-9H,10H2,1H3,(H,20,21,24). The SMILES string of the molecule is COc1ccc2nc(NC(=O)Cn3ncc(=O)c4ccccc43)sc2c1. The van der Waals surface area contributed by atoms with Gasteiger partial charge in [0.15, 0.2) is 5.13 Å². The number of ether oxygens (including phenoxy) is 1. The quantitative estimate of drug-likeness (QED) is 0.600. The number of benzene rings is 2. The van der Waals surface area contributed by atoms with Gasteiger partial charge >= 0.3 is 0 Å². The van der Waals surface area contributed by atoms with Crippen LogP contribution in [0.25, 0.3) is 21.1 Å². The third kappa shape index (κ3) is 3.02. The number of hydrogen-bond acceptors (Lipinski definition) is 6. The Balaban J connectivity index is 1.58. The Morgan fingerprint density at radius 1 is 1.27 bits per heavy atom. The molecule has 0 radical (unpaired) electrons. The molecule has 0 unspecified atom stereocenters. The molecule has 130 valence electrons. The maximum absolute atomic E-state index is 12.4. The summed E-state index contributed by atoms with van der Waals surface area (Å²) in [6, 6.07) is 12.6. The molecule has 0 saturated heterocycles. The number of thiazole rings is 1. The summed E-state index contributed by atoms with van der Waals surface area (Å²) in [4.78, 5) is 28.7. The van der Waals surface area contributed by atoms with Gasteiger partial charge in [0.05, 0.1) is 29.0 Å². The Bertz CT molecular complexity index is 1180. The summed E-state index contributed by atoms with van der Waals surface area (Å²) in [5, 5.41) is 7.88. The molecule has 1 amide bonds. The highest BCUT2D eigenvalue weighted by atomic mass is 32.1. The number of anilines is 1. The van der Waals surface area contributed by atoms with Gasteiger partial charge < -0.3 is 10.1 Å². The highest BCUT2D eigenvalue weighted by molar-refractivity contribution is 7.22. The van der Waals surface area contributed by atoms with Crippen molar-refractivity contribution in [3.63, 3.8) is 0 Å². The normalized spacial score (nSPS) is 11.0. The van der Waals surface area contributed by atoms with Crippen LogP contribution in [0.4, 0.5) is 5.13 Å². The lowest BCUT2D eigenvalue weighted by Crippen LogP contribution is -2.22. The van der Waals surface area contributed by atoms with E-state index in [4.69, 9.17) is 4.74 Å². The van der Waals surface area contributed by atoms with Gasteiger partial charge in [-0.15, -0.1) is 0 Å². The monoisotopic (exact) mass is 366 g/mol. The summed E-state index contributed by atoms with van der Waals surface area (Å²) in [7, 11) is 1.60. The van der Waals surface area contributed by atoms with Crippen LogP contribution in [0.1, 0.15) is 0 Å². The summed E-state index contributed by atoms with van der Waals surface area (Å²) < 4.78 is 7.62. The minimum atomic E-state index is -0.266. The molecular weight excluding hydrogens is 352 g/mol. The molecule has 4 aromatic rings. The van der Waals surface area contributed by atoms with E-state index in [1.807, 2.05) is 18.2 Å². The number of para-hydroxylation sites is 1. The van der Waals surface area contributed by atoms with E-state index in [0.29, 0.717) is 16.0 Å². The molecule has 0 saturated carbocycles. The number of methoxy groups -OCH3 is 1. The predicted octanol–water partition coefficient (Wildman–Crippen LogP) is 2.65. The van der Waals surface area contributed by atoms with Crippen LogP contribution in [0.5, 0.6) is 5.75 Å². The van der Waals surface area contributed by atoms with Crippen LogP contribution in [-0.2, 0) is 11.3 Å². The van der Waals surface area contributed by atoms with E-state index in [1.165, 1.54) is 22.2 Å². The molecule has 8 heteroatoms. The van der Waals surface area contributed by atoms with Crippen molar-refractivity contribution in [2.24, 2.45) is 0 Å². The van der Waals surface area contributed by atoms with Gasteiger partial charge in [-0.3, -0.25) is 14.3 Å². The minimum Gasteiger partial charge on any atom is -0.497 e. The van der Waals surface area contributed by atoms with Crippen molar-refractivity contribution in [3.8, 4) is 5.75 Å². The lowest BCUT2D eigenvalue weighted by molar-refractivity contribution is -0.116. The number of hydrogen-bond donors (Lipinski definition) is 1. The first-order valence-corrected chi connectivity index (χ1v) is 8.65. The van der Waals surface area contributed by atoms with E-state index in [1.54, 1.807) is 31.4 Å². The van der Waals surface area contributed by atoms with Crippen LogP contribution in [0, 0.1) is 0 Å². The van der Waals surface area contributed by atoms with E-state index in [2.05, 4.69) is 15.4 Å². The molecule has 2 heterocycles. The maximum Gasteiger partial charge on any atom is 0.247 e. The molecule has 4 rings (SSSR count). The molecule has 0 bridgehead atoms. The van der Waals surface area contributed by atoms with Crippen molar-refractivity contribution >= 4 is 43.5 Å². The van der Waals surface area contributed by atoms with Crippen LogP contribution in [0.15, 0.2) is 53.5 Å². The highest BCUT2D eigenvalue weighted by Gasteiger charge is 2.11. The smallest absolute Gasteiger partial charge is 0.247 e. The van der Waals surface area contributed by atoms with E-state index in [9.17, 15) is 9.59 Å². The molecule has 2 aromatic heterocycles. The van der Waals surface area contributed by atoms with Crippen molar-refractivity contribution in [2.75, 3.05) is 12.4 Å². The minimum absolute atomic E-state index is 0.0138. The zero-order valence-electron chi connectivity index (χ0n) is 13.8. The van der Waals surface area contributed by atoms with Gasteiger partial charge in [0.1, 0.15) is 12.3 Å². The molecule has 0 aliphatic heterocycles. The van der Waals surface area contributed by atoms with Gasteiger partial charge in [-0.1, -0.05) is 23.5 Å². The maximum atomic E-state index is 12.4. The molecule has 7 nitrogen and oxygen atoms in total. The number of nitrogens with one attached hydrogen (secondary N) is 1. The summed E-state index contributed by atoms with van der Waals surface area (Å²) in [6.45, 7) is -0.0138. The fourth-order valence-corrected chi connectivity index (χ4v) is 3.58. The molecule has 2 aromatic carbocycles. The Hall–Kier alpha value is -3.26. The molecule has 0 aliphatic rings. The fourth-order valence-electron chi connectivity index (χ4n) is 2.67. The molecule has 0 fully saturated rings. The van der Waals surface area contributed by atoms with Gasteiger partial charge in [0, 0.05) is 5.39 Å². The van der Waals surface area contributed by atoms with Crippen molar-refractivity contribution in [1.82, 2.24) is 14.8 Å². The highest BCUT2D eigenvalue weighted by Crippen LogP contribution is 2.29. The number of carbonyl (C=O) groups is 1. The van der Waals surface area contributed by atoms with Crippen LogP contribution < -0.4 is 15.5 Å². The first-order valence-electron chi connectivity index (χ1n) is 7.83. The molecule has 1 N–H and O–H groups in total. The largest absolute Gasteiger partial charge is 0.497 e. The number of rotatable bonds is 4. The molecule has 0 spiro atoms. The Labute approximate surface area is 151 Å². The zero-order valence-corrected chi connectivity index (χ0v) is 14.6. The van der Waals surface area contributed by atoms with Crippen molar-refractivity contribution < 1.29 is 9.53 Å². The van der Waals surface area contributed by atoms with Gasteiger partial charge in [-0.05, 0) is 30.3 Å². The lowest BCUT2D eigenvalue weighted by Gasteiger charge is -2.08. The number of amides is 1. The Morgan fingerprint density at radius 2 is 2.12 bits per heavy atom. The first kappa shape index (κ1) is 16.2. The average Bonchev–Trinajstić information content (AvgIpc) is 3.05. The topological polar surface area (TPSA) is 86.1 Å².